The van der Waals surface area contributed by atoms with E-state index in [-0.39, 0.29) is 5.41 Å². The third kappa shape index (κ3) is 2.59. The number of hydrogen-bond donors (Lipinski definition) is 2. The van der Waals surface area contributed by atoms with Gasteiger partial charge in [0.25, 0.3) is 0 Å². The second kappa shape index (κ2) is 4.98. The molecule has 0 spiro atoms. The van der Waals surface area contributed by atoms with Crippen molar-refractivity contribution in [1.82, 2.24) is 19.7 Å². The molecule has 0 amide bonds. The van der Waals surface area contributed by atoms with E-state index in [1.54, 1.807) is 0 Å². The molecule has 2 aromatic heterocycles. The SMILES string of the molecule is CC(C)(C)Cn1nc(-c2ccc(N)cc2)c2c(N)ncnc21. The Morgan fingerprint density at radius 1 is 1.05 bits per heavy atom. The van der Waals surface area contributed by atoms with Crippen molar-refractivity contribution in [1.29, 1.82) is 0 Å². The fourth-order valence-corrected chi connectivity index (χ4v) is 2.43. The van der Waals surface area contributed by atoms with Gasteiger partial charge in [0.1, 0.15) is 17.8 Å². The molecule has 0 bridgehead atoms. The normalized spacial score (nSPS) is 12.0. The van der Waals surface area contributed by atoms with E-state index < -0.39 is 0 Å². The van der Waals surface area contributed by atoms with Crippen LogP contribution < -0.4 is 11.5 Å². The van der Waals surface area contributed by atoms with Gasteiger partial charge in [-0.2, -0.15) is 5.10 Å². The molecule has 0 unspecified atom stereocenters. The van der Waals surface area contributed by atoms with E-state index in [9.17, 15) is 0 Å². The standard InChI is InChI=1S/C16H20N6/c1-16(2,3)8-22-15-12(14(18)19-9-20-15)13(21-22)10-4-6-11(17)7-5-10/h4-7,9H,8,17H2,1-3H3,(H2,18,19,20). The lowest BCUT2D eigenvalue weighted by Gasteiger charge is -2.18. The molecule has 6 heteroatoms. The molecular formula is C16H20N6. The molecular weight excluding hydrogens is 276 g/mol. The highest BCUT2D eigenvalue weighted by molar-refractivity contribution is 5.98. The average molecular weight is 296 g/mol. The fraction of sp³-hybridized carbons (Fsp3) is 0.312. The summed E-state index contributed by atoms with van der Waals surface area (Å²) in [6, 6.07) is 7.57. The van der Waals surface area contributed by atoms with Gasteiger partial charge in [0, 0.05) is 17.8 Å². The molecule has 0 aliphatic heterocycles. The minimum atomic E-state index is 0.0804. The van der Waals surface area contributed by atoms with Crippen molar-refractivity contribution in [2.75, 3.05) is 11.5 Å². The van der Waals surface area contributed by atoms with Crippen LogP contribution in [0, 0.1) is 5.41 Å². The van der Waals surface area contributed by atoms with Crippen LogP contribution in [0.4, 0.5) is 11.5 Å². The highest BCUT2D eigenvalue weighted by Gasteiger charge is 2.20. The first kappa shape index (κ1) is 14.3. The van der Waals surface area contributed by atoms with Crippen LogP contribution in [-0.2, 0) is 6.54 Å². The summed E-state index contributed by atoms with van der Waals surface area (Å²) in [5.74, 6) is 0.442. The van der Waals surface area contributed by atoms with Crippen LogP contribution in [-0.4, -0.2) is 19.7 Å². The van der Waals surface area contributed by atoms with E-state index in [0.29, 0.717) is 11.5 Å². The average Bonchev–Trinajstić information content (AvgIpc) is 2.78. The van der Waals surface area contributed by atoms with Gasteiger partial charge in [-0.3, -0.25) is 0 Å². The second-order valence-corrected chi connectivity index (χ2v) is 6.65. The van der Waals surface area contributed by atoms with Crippen LogP contribution in [0.3, 0.4) is 0 Å². The van der Waals surface area contributed by atoms with E-state index in [4.69, 9.17) is 16.6 Å². The third-order valence-electron chi connectivity index (χ3n) is 3.37. The van der Waals surface area contributed by atoms with E-state index in [0.717, 1.165) is 28.8 Å². The number of aromatic nitrogens is 4. The third-order valence-corrected chi connectivity index (χ3v) is 3.37. The number of nitrogens with zero attached hydrogens (tertiary/aromatic N) is 4. The van der Waals surface area contributed by atoms with Crippen LogP contribution in [0.25, 0.3) is 22.3 Å². The Morgan fingerprint density at radius 3 is 2.36 bits per heavy atom. The molecule has 0 aliphatic rings. The van der Waals surface area contributed by atoms with Crippen LogP contribution in [0.2, 0.25) is 0 Å². The number of rotatable bonds is 2. The molecule has 1 aromatic carbocycles. The highest BCUT2D eigenvalue weighted by Crippen LogP contribution is 2.31. The Labute approximate surface area is 129 Å². The van der Waals surface area contributed by atoms with Crippen LogP contribution >= 0.6 is 0 Å². The van der Waals surface area contributed by atoms with Crippen molar-refractivity contribution < 1.29 is 0 Å². The van der Waals surface area contributed by atoms with E-state index in [1.807, 2.05) is 28.9 Å². The van der Waals surface area contributed by atoms with Gasteiger partial charge in [-0.1, -0.05) is 32.9 Å². The van der Waals surface area contributed by atoms with Gasteiger partial charge in [-0.15, -0.1) is 0 Å². The van der Waals surface area contributed by atoms with Crippen molar-refractivity contribution >= 4 is 22.5 Å². The number of hydrogen-bond acceptors (Lipinski definition) is 5. The summed E-state index contributed by atoms with van der Waals surface area (Å²) < 4.78 is 1.90. The van der Waals surface area contributed by atoms with Gasteiger partial charge in [0.15, 0.2) is 5.65 Å². The lowest BCUT2D eigenvalue weighted by Crippen LogP contribution is -2.16. The van der Waals surface area contributed by atoms with Gasteiger partial charge in [0.2, 0.25) is 0 Å². The van der Waals surface area contributed by atoms with Gasteiger partial charge in [-0.25, -0.2) is 14.6 Å². The maximum absolute atomic E-state index is 6.07. The van der Waals surface area contributed by atoms with Crippen molar-refractivity contribution in [3.05, 3.63) is 30.6 Å². The molecule has 6 nitrogen and oxygen atoms in total. The number of benzene rings is 1. The minimum absolute atomic E-state index is 0.0804. The van der Waals surface area contributed by atoms with Gasteiger partial charge in [0.05, 0.1) is 5.39 Å². The van der Waals surface area contributed by atoms with E-state index >= 15 is 0 Å². The molecule has 3 aromatic rings. The lowest BCUT2D eigenvalue weighted by atomic mass is 9.97. The Bertz CT molecular complexity index is 811. The minimum Gasteiger partial charge on any atom is -0.399 e. The molecule has 0 saturated carbocycles. The van der Waals surface area contributed by atoms with Gasteiger partial charge < -0.3 is 11.5 Å². The van der Waals surface area contributed by atoms with Crippen LogP contribution in [0.1, 0.15) is 20.8 Å². The van der Waals surface area contributed by atoms with Crippen LogP contribution in [0.5, 0.6) is 0 Å². The zero-order chi connectivity index (χ0) is 15.9. The number of fused-ring (bicyclic) bond motifs is 1. The Balaban J connectivity index is 2.24. The second-order valence-electron chi connectivity index (χ2n) is 6.65. The van der Waals surface area contributed by atoms with Gasteiger partial charge in [-0.05, 0) is 17.5 Å². The molecule has 0 saturated heterocycles. The summed E-state index contributed by atoms with van der Waals surface area (Å²) in [7, 11) is 0. The summed E-state index contributed by atoms with van der Waals surface area (Å²) in [6.07, 6.45) is 1.48. The molecule has 0 fully saturated rings. The van der Waals surface area contributed by atoms with Crippen molar-refractivity contribution in [2.45, 2.75) is 27.3 Å². The maximum atomic E-state index is 6.07. The monoisotopic (exact) mass is 296 g/mol. The Morgan fingerprint density at radius 2 is 1.73 bits per heavy atom. The molecule has 4 N–H and O–H groups in total. The highest BCUT2D eigenvalue weighted by atomic mass is 15.3. The topological polar surface area (TPSA) is 95.6 Å². The molecule has 0 radical (unpaired) electrons. The van der Waals surface area contributed by atoms with E-state index in [1.165, 1.54) is 6.33 Å². The number of nitrogen functional groups attached to an aromatic ring is 2. The summed E-state index contributed by atoms with van der Waals surface area (Å²) in [6.45, 7) is 7.23. The smallest absolute Gasteiger partial charge is 0.163 e. The number of nitrogens with two attached hydrogens (primary N) is 2. The van der Waals surface area contributed by atoms with Crippen molar-refractivity contribution in [3.8, 4) is 11.3 Å². The Hall–Kier alpha value is -2.63. The first-order valence-electron chi connectivity index (χ1n) is 7.18. The van der Waals surface area contributed by atoms with E-state index in [2.05, 4.69) is 30.7 Å². The summed E-state index contributed by atoms with van der Waals surface area (Å²) >= 11 is 0. The quantitative estimate of drug-likeness (QED) is 0.709. The summed E-state index contributed by atoms with van der Waals surface area (Å²) in [5, 5.41) is 5.52. The Kier molecular flexibility index (Phi) is 3.24. The lowest BCUT2D eigenvalue weighted by molar-refractivity contribution is 0.330. The summed E-state index contributed by atoms with van der Waals surface area (Å²) in [4.78, 5) is 8.48. The molecule has 114 valence electrons. The van der Waals surface area contributed by atoms with Crippen LogP contribution in [0.15, 0.2) is 30.6 Å². The maximum Gasteiger partial charge on any atom is 0.163 e. The predicted octanol–water partition coefficient (Wildman–Crippen LogP) is 2.70. The first-order chi connectivity index (χ1) is 10.3. The zero-order valence-corrected chi connectivity index (χ0v) is 13.0. The fourth-order valence-electron chi connectivity index (χ4n) is 2.43. The molecule has 2 heterocycles. The molecule has 3 rings (SSSR count). The first-order valence-corrected chi connectivity index (χ1v) is 7.18. The summed E-state index contributed by atoms with van der Waals surface area (Å²) in [5.41, 5.74) is 15.1. The largest absolute Gasteiger partial charge is 0.399 e. The predicted molar refractivity (Wildman–Crippen MR) is 89.0 cm³/mol. The molecule has 0 aliphatic carbocycles. The zero-order valence-electron chi connectivity index (χ0n) is 13.0. The molecule has 0 atom stereocenters. The van der Waals surface area contributed by atoms with Crippen molar-refractivity contribution in [3.63, 3.8) is 0 Å². The van der Waals surface area contributed by atoms with Crippen molar-refractivity contribution in [2.24, 2.45) is 5.41 Å². The number of anilines is 2. The van der Waals surface area contributed by atoms with Gasteiger partial charge >= 0.3 is 0 Å². The molecule has 22 heavy (non-hydrogen) atoms.